The molecule has 0 spiro atoms. The molecule has 0 N–H and O–H groups in total. The predicted octanol–water partition coefficient (Wildman–Crippen LogP) is 1.73. The molecule has 5 nitrogen and oxygen atoms in total. The molecule has 1 aromatic heterocycles. The molecule has 0 aliphatic rings. The molecule has 0 radical (unpaired) electrons. The van der Waals surface area contributed by atoms with Crippen molar-refractivity contribution in [2.45, 2.75) is 6.92 Å². The number of thiazole rings is 1. The Hall–Kier alpha value is -2.54. The van der Waals surface area contributed by atoms with Gasteiger partial charge in [-0.25, -0.2) is 9.37 Å². The van der Waals surface area contributed by atoms with Gasteiger partial charge in [0, 0.05) is 12.3 Å². The Morgan fingerprint density at radius 1 is 1.38 bits per heavy atom. The first-order chi connectivity index (χ1) is 9.99. The molecular formula is C14H10FN2O3S-. The van der Waals surface area contributed by atoms with Gasteiger partial charge in [-0.05, 0) is 24.3 Å². The number of rotatable bonds is 4. The number of nitrogens with zero attached hydrogens (tertiary/aromatic N) is 2. The van der Waals surface area contributed by atoms with E-state index in [2.05, 4.69) is 4.98 Å². The van der Waals surface area contributed by atoms with Crippen LogP contribution in [0.25, 0.3) is 6.08 Å². The summed E-state index contributed by atoms with van der Waals surface area (Å²) < 4.78 is 13.8. The van der Waals surface area contributed by atoms with E-state index in [0.29, 0.717) is 5.69 Å². The van der Waals surface area contributed by atoms with Crippen molar-refractivity contribution in [3.8, 4) is 0 Å². The van der Waals surface area contributed by atoms with E-state index in [4.69, 9.17) is 0 Å². The van der Waals surface area contributed by atoms with E-state index in [1.165, 1.54) is 31.2 Å². The van der Waals surface area contributed by atoms with E-state index in [1.54, 1.807) is 11.4 Å². The molecule has 1 amide bonds. The molecule has 1 aromatic carbocycles. The van der Waals surface area contributed by atoms with Crippen LogP contribution in [0.4, 0.5) is 15.2 Å². The van der Waals surface area contributed by atoms with Gasteiger partial charge in [0.05, 0.1) is 17.4 Å². The first kappa shape index (κ1) is 14.9. The lowest BCUT2D eigenvalue weighted by Gasteiger charge is -2.18. The van der Waals surface area contributed by atoms with Gasteiger partial charge < -0.3 is 9.90 Å². The smallest absolute Gasteiger partial charge is 0.230 e. The molecule has 0 bridgehead atoms. The fourth-order valence-corrected chi connectivity index (χ4v) is 2.50. The van der Waals surface area contributed by atoms with Crippen molar-refractivity contribution < 1.29 is 19.1 Å². The number of carbonyl (C=O) groups excluding carboxylic acids is 2. The largest absolute Gasteiger partial charge is 0.545 e. The van der Waals surface area contributed by atoms with Crippen LogP contribution in [0.3, 0.4) is 0 Å². The van der Waals surface area contributed by atoms with Crippen LogP contribution in [0, 0.1) is 5.82 Å². The van der Waals surface area contributed by atoms with Crippen molar-refractivity contribution in [1.82, 2.24) is 4.98 Å². The number of carboxylic acid groups (broad SMARTS) is 1. The summed E-state index contributed by atoms with van der Waals surface area (Å²) in [6.45, 7) is 1.30. The Morgan fingerprint density at radius 2 is 2.10 bits per heavy atom. The minimum absolute atomic E-state index is 0.0924. The third-order valence-electron chi connectivity index (χ3n) is 2.50. The van der Waals surface area contributed by atoms with Crippen molar-refractivity contribution in [1.29, 1.82) is 0 Å². The summed E-state index contributed by atoms with van der Waals surface area (Å²) in [6.07, 6.45) is 2.08. The number of amides is 1. The fraction of sp³-hybridized carbons (Fsp3) is 0.0714. The van der Waals surface area contributed by atoms with E-state index < -0.39 is 17.7 Å². The number of para-hydroxylation sites is 1. The van der Waals surface area contributed by atoms with Gasteiger partial charge in [-0.15, -0.1) is 11.3 Å². The van der Waals surface area contributed by atoms with Gasteiger partial charge in [0.1, 0.15) is 5.82 Å². The number of anilines is 2. The van der Waals surface area contributed by atoms with Crippen molar-refractivity contribution in [2.75, 3.05) is 4.90 Å². The van der Waals surface area contributed by atoms with Crippen molar-refractivity contribution in [3.63, 3.8) is 0 Å². The molecule has 108 valence electrons. The van der Waals surface area contributed by atoms with Crippen LogP contribution in [0.15, 0.2) is 35.7 Å². The van der Waals surface area contributed by atoms with E-state index in [9.17, 15) is 19.1 Å². The minimum Gasteiger partial charge on any atom is -0.545 e. The van der Waals surface area contributed by atoms with E-state index in [1.807, 2.05) is 0 Å². The van der Waals surface area contributed by atoms with Gasteiger partial charge in [-0.2, -0.15) is 0 Å². The van der Waals surface area contributed by atoms with Crippen molar-refractivity contribution in [2.24, 2.45) is 0 Å². The summed E-state index contributed by atoms with van der Waals surface area (Å²) in [5.41, 5.74) is 0.441. The normalized spacial score (nSPS) is 10.8. The lowest BCUT2D eigenvalue weighted by molar-refractivity contribution is -0.297. The monoisotopic (exact) mass is 305 g/mol. The average Bonchev–Trinajstić information content (AvgIpc) is 2.87. The fourth-order valence-electron chi connectivity index (χ4n) is 1.65. The van der Waals surface area contributed by atoms with Gasteiger partial charge >= 0.3 is 0 Å². The summed E-state index contributed by atoms with van der Waals surface area (Å²) in [6, 6.07) is 5.84. The van der Waals surface area contributed by atoms with Crippen LogP contribution in [0.1, 0.15) is 12.6 Å². The quantitative estimate of drug-likeness (QED) is 0.806. The van der Waals surface area contributed by atoms with Gasteiger partial charge in [0.2, 0.25) is 5.91 Å². The van der Waals surface area contributed by atoms with Gasteiger partial charge in [0.15, 0.2) is 5.13 Å². The zero-order valence-corrected chi connectivity index (χ0v) is 11.8. The molecule has 2 aromatic rings. The van der Waals surface area contributed by atoms with Gasteiger partial charge in [0.25, 0.3) is 0 Å². The number of hydrogen-bond acceptors (Lipinski definition) is 5. The zero-order valence-electron chi connectivity index (χ0n) is 10.9. The molecule has 2 rings (SSSR count). The maximum absolute atomic E-state index is 13.8. The molecule has 0 aliphatic carbocycles. The number of carbonyl (C=O) groups is 2. The number of halogens is 1. The van der Waals surface area contributed by atoms with E-state index >= 15 is 0 Å². The van der Waals surface area contributed by atoms with Crippen LogP contribution >= 0.6 is 11.3 Å². The maximum Gasteiger partial charge on any atom is 0.230 e. The molecule has 7 heteroatoms. The van der Waals surface area contributed by atoms with Crippen LogP contribution in [0.5, 0.6) is 0 Å². The summed E-state index contributed by atoms with van der Waals surface area (Å²) in [5, 5.41) is 12.2. The highest BCUT2D eigenvalue weighted by Crippen LogP contribution is 2.30. The molecule has 1 heterocycles. The minimum atomic E-state index is -1.35. The van der Waals surface area contributed by atoms with Crippen molar-refractivity contribution in [3.05, 3.63) is 47.2 Å². The second-order valence-corrected chi connectivity index (χ2v) is 4.85. The molecule has 0 saturated heterocycles. The Balaban J connectivity index is 2.39. The Labute approximate surface area is 124 Å². The maximum atomic E-state index is 13.8. The summed E-state index contributed by atoms with van der Waals surface area (Å²) in [7, 11) is 0. The first-order valence-electron chi connectivity index (χ1n) is 5.89. The molecule has 0 aliphatic heterocycles. The van der Waals surface area contributed by atoms with Gasteiger partial charge in [-0.3, -0.25) is 9.69 Å². The Morgan fingerprint density at radius 3 is 2.71 bits per heavy atom. The highest BCUT2D eigenvalue weighted by atomic mass is 32.1. The summed E-state index contributed by atoms with van der Waals surface area (Å²) >= 11 is 1.10. The Kier molecular flexibility index (Phi) is 4.44. The Bertz CT molecular complexity index is 712. The van der Waals surface area contributed by atoms with Crippen LogP contribution in [-0.2, 0) is 9.59 Å². The topological polar surface area (TPSA) is 73.3 Å². The highest BCUT2D eigenvalue weighted by Gasteiger charge is 2.20. The molecule has 0 unspecified atom stereocenters. The molecule has 0 atom stereocenters. The first-order valence-corrected chi connectivity index (χ1v) is 6.77. The summed E-state index contributed by atoms with van der Waals surface area (Å²) in [4.78, 5) is 27.4. The number of carboxylic acids is 1. The molecular weight excluding hydrogens is 295 g/mol. The van der Waals surface area contributed by atoms with Crippen LogP contribution < -0.4 is 10.0 Å². The van der Waals surface area contributed by atoms with E-state index in [-0.39, 0.29) is 10.8 Å². The van der Waals surface area contributed by atoms with E-state index in [0.717, 1.165) is 22.3 Å². The lowest BCUT2D eigenvalue weighted by Crippen LogP contribution is -2.23. The zero-order chi connectivity index (χ0) is 15.4. The molecule has 21 heavy (non-hydrogen) atoms. The standard InChI is InChI=1S/C14H11FN2O3S/c1-9(18)17(12-5-3-2-4-11(12)15)14-16-10(8-21-14)6-7-13(19)20/h2-8H,1H3,(H,19,20)/p-1/b7-6-. The van der Waals surface area contributed by atoms with Crippen LogP contribution in [0.2, 0.25) is 0 Å². The predicted molar refractivity (Wildman–Crippen MR) is 75.4 cm³/mol. The van der Waals surface area contributed by atoms with Crippen LogP contribution in [-0.4, -0.2) is 16.9 Å². The third kappa shape index (κ3) is 3.51. The second kappa shape index (κ2) is 6.27. The number of aliphatic carboxylic acids is 1. The number of hydrogen-bond donors (Lipinski definition) is 0. The highest BCUT2D eigenvalue weighted by molar-refractivity contribution is 7.14. The summed E-state index contributed by atoms with van der Waals surface area (Å²) in [5.74, 6) is -2.29. The lowest BCUT2D eigenvalue weighted by atomic mass is 10.3. The average molecular weight is 305 g/mol. The third-order valence-corrected chi connectivity index (χ3v) is 3.34. The van der Waals surface area contributed by atoms with Gasteiger partial charge in [-0.1, -0.05) is 12.1 Å². The SMILES string of the molecule is CC(=O)N(c1nc(/C=C\C(=O)[O-])cs1)c1ccccc1F. The number of benzene rings is 1. The second-order valence-electron chi connectivity index (χ2n) is 4.01. The van der Waals surface area contributed by atoms with Crippen molar-refractivity contribution >= 4 is 40.1 Å². The number of aromatic nitrogens is 1. The molecule has 0 saturated carbocycles. The molecule has 0 fully saturated rings.